The van der Waals surface area contributed by atoms with E-state index in [1.807, 2.05) is 31.2 Å². The van der Waals surface area contributed by atoms with Crippen LogP contribution in [-0.2, 0) is 0 Å². The Morgan fingerprint density at radius 3 is 2.47 bits per heavy atom. The number of benzene rings is 2. The van der Waals surface area contributed by atoms with Crippen LogP contribution in [0.15, 0.2) is 57.7 Å². The number of fused-ring (bicyclic) bond motifs is 1. The van der Waals surface area contributed by atoms with Gasteiger partial charge in [-0.1, -0.05) is 0 Å². The van der Waals surface area contributed by atoms with Gasteiger partial charge in [-0.15, -0.1) is 0 Å². The molecule has 1 fully saturated rings. The summed E-state index contributed by atoms with van der Waals surface area (Å²) in [4.78, 5) is 40.1. The van der Waals surface area contributed by atoms with E-state index in [4.69, 9.17) is 4.42 Å². The Kier molecular flexibility index (Phi) is 5.52. The lowest BCUT2D eigenvalue weighted by molar-refractivity contribution is 0.0742. The van der Waals surface area contributed by atoms with Crippen molar-refractivity contribution < 1.29 is 14.0 Å². The molecule has 0 aliphatic carbocycles. The fraction of sp³-hybridized carbons (Fsp3) is 0.261. The molecule has 0 radical (unpaired) electrons. The van der Waals surface area contributed by atoms with Gasteiger partial charge in [-0.2, -0.15) is 0 Å². The summed E-state index contributed by atoms with van der Waals surface area (Å²) < 4.78 is 5.42. The maximum Gasteiger partial charge on any atom is 0.349 e. The number of aldehydes is 1. The lowest BCUT2D eigenvalue weighted by Crippen LogP contribution is -2.49. The van der Waals surface area contributed by atoms with Gasteiger partial charge in [0.2, 0.25) is 0 Å². The fourth-order valence-electron chi connectivity index (χ4n) is 3.68. The first-order valence-corrected chi connectivity index (χ1v) is 10.0. The van der Waals surface area contributed by atoms with Gasteiger partial charge < -0.3 is 19.5 Å². The predicted molar refractivity (Wildman–Crippen MR) is 117 cm³/mol. The lowest BCUT2D eigenvalue weighted by atomic mass is 10.1. The third-order valence-corrected chi connectivity index (χ3v) is 5.31. The second kappa shape index (κ2) is 8.41. The minimum absolute atomic E-state index is 0.0579. The average molecular weight is 405 g/mol. The highest BCUT2D eigenvalue weighted by Crippen LogP contribution is 2.21. The number of nitrogens with zero attached hydrogens (tertiary/aromatic N) is 2. The Morgan fingerprint density at radius 2 is 1.80 bits per heavy atom. The van der Waals surface area contributed by atoms with Crippen molar-refractivity contribution in [2.75, 3.05) is 42.9 Å². The van der Waals surface area contributed by atoms with Gasteiger partial charge in [0.05, 0.1) is 0 Å². The van der Waals surface area contributed by atoms with E-state index in [0.717, 1.165) is 24.2 Å². The van der Waals surface area contributed by atoms with Crippen molar-refractivity contribution in [3.05, 3.63) is 70.1 Å². The lowest BCUT2D eigenvalue weighted by Gasteiger charge is -2.36. The molecule has 1 N–H and O–H groups in total. The zero-order valence-electron chi connectivity index (χ0n) is 16.8. The SMILES string of the molecule is CCNc1ccc2cc(C(=O)N3CCN(c4ccc(C=O)cc4)CC3)c(=O)oc2c1. The maximum atomic E-state index is 13.0. The molecule has 7 heteroatoms. The zero-order valence-corrected chi connectivity index (χ0v) is 16.8. The number of hydrogen-bond donors (Lipinski definition) is 1. The Morgan fingerprint density at radius 1 is 1.07 bits per heavy atom. The van der Waals surface area contributed by atoms with Gasteiger partial charge >= 0.3 is 5.63 Å². The molecule has 1 aliphatic rings. The monoisotopic (exact) mass is 405 g/mol. The van der Waals surface area contributed by atoms with E-state index in [9.17, 15) is 14.4 Å². The van der Waals surface area contributed by atoms with E-state index in [0.29, 0.717) is 42.7 Å². The van der Waals surface area contributed by atoms with Crippen molar-refractivity contribution in [3.8, 4) is 0 Å². The number of amides is 1. The topological polar surface area (TPSA) is 82.9 Å². The van der Waals surface area contributed by atoms with Gasteiger partial charge in [-0.3, -0.25) is 9.59 Å². The van der Waals surface area contributed by atoms with E-state index in [1.165, 1.54) is 0 Å². The molecular weight excluding hydrogens is 382 g/mol. The Bertz CT molecular complexity index is 1130. The van der Waals surface area contributed by atoms with Crippen LogP contribution in [0.3, 0.4) is 0 Å². The minimum Gasteiger partial charge on any atom is -0.422 e. The van der Waals surface area contributed by atoms with Crippen LogP contribution < -0.4 is 15.8 Å². The van der Waals surface area contributed by atoms with Crippen LogP contribution in [0.4, 0.5) is 11.4 Å². The zero-order chi connectivity index (χ0) is 21.1. The molecule has 0 saturated carbocycles. The van der Waals surface area contributed by atoms with Crippen molar-refractivity contribution >= 4 is 34.5 Å². The third kappa shape index (κ3) is 3.91. The Labute approximate surface area is 173 Å². The molecule has 154 valence electrons. The number of piperazine rings is 1. The maximum absolute atomic E-state index is 13.0. The summed E-state index contributed by atoms with van der Waals surface area (Å²) in [6, 6.07) is 14.5. The van der Waals surface area contributed by atoms with Crippen LogP contribution >= 0.6 is 0 Å². The summed E-state index contributed by atoms with van der Waals surface area (Å²) in [6.45, 7) is 5.06. The van der Waals surface area contributed by atoms with E-state index >= 15 is 0 Å². The predicted octanol–water partition coefficient (Wildman–Crippen LogP) is 3.00. The molecule has 1 aliphatic heterocycles. The van der Waals surface area contributed by atoms with E-state index in [2.05, 4.69) is 10.2 Å². The Balaban J connectivity index is 1.48. The third-order valence-electron chi connectivity index (χ3n) is 5.31. The molecule has 3 aromatic rings. The molecule has 0 unspecified atom stereocenters. The van der Waals surface area contributed by atoms with Crippen molar-refractivity contribution in [1.29, 1.82) is 0 Å². The van der Waals surface area contributed by atoms with Crippen LogP contribution in [0.25, 0.3) is 11.0 Å². The molecule has 1 amide bonds. The van der Waals surface area contributed by atoms with Crippen molar-refractivity contribution in [3.63, 3.8) is 0 Å². The molecule has 2 heterocycles. The van der Waals surface area contributed by atoms with Gasteiger partial charge in [0.15, 0.2) is 0 Å². The van der Waals surface area contributed by atoms with Gasteiger partial charge in [-0.05, 0) is 49.4 Å². The highest BCUT2D eigenvalue weighted by Gasteiger charge is 2.25. The first kappa shape index (κ1) is 19.7. The summed E-state index contributed by atoms with van der Waals surface area (Å²) in [6.07, 6.45) is 0.816. The van der Waals surface area contributed by atoms with E-state index < -0.39 is 5.63 Å². The highest BCUT2D eigenvalue weighted by molar-refractivity contribution is 5.97. The second-order valence-corrected chi connectivity index (χ2v) is 7.22. The van der Waals surface area contributed by atoms with E-state index in [1.54, 1.807) is 29.2 Å². The van der Waals surface area contributed by atoms with Crippen LogP contribution in [0.2, 0.25) is 0 Å². The molecule has 7 nitrogen and oxygen atoms in total. The van der Waals surface area contributed by atoms with Gasteiger partial charge in [0, 0.05) is 61.1 Å². The van der Waals surface area contributed by atoms with Gasteiger partial charge in [0.25, 0.3) is 5.91 Å². The number of carbonyl (C=O) groups excluding carboxylic acids is 2. The molecule has 0 spiro atoms. The van der Waals surface area contributed by atoms with Crippen LogP contribution in [-0.4, -0.2) is 49.8 Å². The molecule has 30 heavy (non-hydrogen) atoms. The smallest absolute Gasteiger partial charge is 0.349 e. The molecule has 4 rings (SSSR count). The normalized spacial score (nSPS) is 14.0. The average Bonchev–Trinajstić information content (AvgIpc) is 2.78. The van der Waals surface area contributed by atoms with Crippen LogP contribution in [0.1, 0.15) is 27.6 Å². The van der Waals surface area contributed by atoms with Gasteiger partial charge in [-0.25, -0.2) is 4.79 Å². The highest BCUT2D eigenvalue weighted by atomic mass is 16.4. The molecule has 0 atom stereocenters. The number of rotatable bonds is 5. The first-order chi connectivity index (χ1) is 14.6. The van der Waals surface area contributed by atoms with Gasteiger partial charge in [0.1, 0.15) is 17.4 Å². The van der Waals surface area contributed by atoms with E-state index in [-0.39, 0.29) is 11.5 Å². The number of anilines is 2. The molecule has 1 aromatic heterocycles. The number of nitrogens with one attached hydrogen (secondary N) is 1. The van der Waals surface area contributed by atoms with Crippen molar-refractivity contribution in [2.45, 2.75) is 6.92 Å². The second-order valence-electron chi connectivity index (χ2n) is 7.22. The summed E-state index contributed by atoms with van der Waals surface area (Å²) >= 11 is 0. The number of hydrogen-bond acceptors (Lipinski definition) is 6. The molecule has 1 saturated heterocycles. The molecule has 2 aromatic carbocycles. The van der Waals surface area contributed by atoms with Crippen molar-refractivity contribution in [1.82, 2.24) is 4.90 Å². The Hall–Kier alpha value is -3.61. The molecule has 0 bridgehead atoms. The quantitative estimate of drug-likeness (QED) is 0.519. The summed E-state index contributed by atoms with van der Waals surface area (Å²) in [5.74, 6) is -0.308. The number of carbonyl (C=O) groups is 2. The summed E-state index contributed by atoms with van der Waals surface area (Å²) in [5.41, 5.74) is 2.40. The first-order valence-electron chi connectivity index (χ1n) is 10.0. The van der Waals surface area contributed by atoms with Crippen LogP contribution in [0.5, 0.6) is 0 Å². The van der Waals surface area contributed by atoms with Crippen molar-refractivity contribution in [2.24, 2.45) is 0 Å². The van der Waals surface area contributed by atoms with Crippen LogP contribution in [0, 0.1) is 0 Å². The largest absolute Gasteiger partial charge is 0.422 e. The standard InChI is InChI=1S/C23H23N3O4/c1-2-24-18-6-5-17-13-20(23(29)30-21(17)14-18)22(28)26-11-9-25(10-12-26)19-7-3-16(15-27)4-8-19/h3-8,13-15,24H,2,9-12H2,1H3. The minimum atomic E-state index is -0.618. The fourth-order valence-corrected chi connectivity index (χ4v) is 3.68. The molecular formula is C23H23N3O4. The summed E-state index contributed by atoms with van der Waals surface area (Å²) in [7, 11) is 0. The summed E-state index contributed by atoms with van der Waals surface area (Å²) in [5, 5.41) is 3.89.